The van der Waals surface area contributed by atoms with Crippen LogP contribution in [-0.2, 0) is 33.4 Å². The van der Waals surface area contributed by atoms with E-state index in [1.165, 1.54) is 7.11 Å². The predicted molar refractivity (Wildman–Crippen MR) is 181 cm³/mol. The molecule has 0 unspecified atom stereocenters. The molecule has 4 aliphatic heterocycles. The first-order chi connectivity index (χ1) is 23.7. The number of hydrogen-bond acceptors (Lipinski definition) is 8. The van der Waals surface area contributed by atoms with Crippen molar-refractivity contribution in [1.82, 2.24) is 15.1 Å². The molecule has 5 aliphatic rings. The Hall–Kier alpha value is -3.54. The summed E-state index contributed by atoms with van der Waals surface area (Å²) in [6.45, 7) is 4.04. The molecule has 1 aromatic carbocycles. The van der Waals surface area contributed by atoms with Crippen molar-refractivity contribution in [1.29, 1.82) is 0 Å². The highest BCUT2D eigenvalue weighted by molar-refractivity contribution is 5.99. The van der Waals surface area contributed by atoms with Gasteiger partial charge in [0.15, 0.2) is 0 Å². The average Bonchev–Trinajstić information content (AvgIpc) is 3.76. The molecule has 2 N–H and O–H groups in total. The lowest BCUT2D eigenvalue weighted by molar-refractivity contribution is -0.163. The third-order valence-corrected chi connectivity index (χ3v) is 11.4. The van der Waals surface area contributed by atoms with Crippen LogP contribution in [0.4, 0.5) is 0 Å². The van der Waals surface area contributed by atoms with Gasteiger partial charge in [-0.1, -0.05) is 94.2 Å². The molecule has 1 spiro atoms. The van der Waals surface area contributed by atoms with Gasteiger partial charge in [-0.2, -0.15) is 0 Å². The van der Waals surface area contributed by atoms with Crippen molar-refractivity contribution >= 4 is 23.7 Å². The van der Waals surface area contributed by atoms with E-state index in [9.17, 15) is 19.5 Å². The van der Waals surface area contributed by atoms with Gasteiger partial charge in [0.25, 0.3) is 0 Å². The minimum Gasteiger partial charge on any atom is -0.455 e. The number of nitrogens with one attached hydrogen (secondary N) is 1. The number of carbonyl (C=O) groups is 4. The molecule has 1 aromatic rings. The minimum atomic E-state index is -1.39. The molecular formula is C38H51N3O8. The van der Waals surface area contributed by atoms with Crippen molar-refractivity contribution in [3.63, 3.8) is 0 Å². The molecule has 9 atom stereocenters. The number of nitrogens with zero attached hydrogens (tertiary/aromatic N) is 2. The van der Waals surface area contributed by atoms with Crippen LogP contribution < -0.4 is 5.32 Å². The zero-order valence-corrected chi connectivity index (χ0v) is 28.9. The first-order valence-electron chi connectivity index (χ1n) is 18.0. The van der Waals surface area contributed by atoms with E-state index in [-0.39, 0.29) is 49.3 Å². The number of allylic oxidation sites excluding steroid dienone is 1. The highest BCUT2D eigenvalue weighted by Crippen LogP contribution is 2.57. The first-order valence-corrected chi connectivity index (χ1v) is 18.0. The standard InChI is InChI=1S/C38H51N3O8/c1-4-24(2)28(22-42)41-34-36(45)40(26-16-10-6-11-17-26)21-13-7-12-18-30(43)39-27(23-47-3)33(25-14-8-5-9-15-25)48-37(46)31-29-19-20-38(34,49-29)32(31)35(41)44/h5,7-9,13-15,19-20,24,26-29,31-34,42H,4,6,10-12,16-18,21-23H2,1-3H3,(H,39,43)/b13-7-/t24-,27-,28-,29+,31-,32-,33-,34+,38-/m0/s1. The molecule has 3 fully saturated rings. The Morgan fingerprint density at radius 2 is 1.82 bits per heavy atom. The van der Waals surface area contributed by atoms with E-state index in [0.29, 0.717) is 24.9 Å². The topological polar surface area (TPSA) is 135 Å². The van der Waals surface area contributed by atoms with Crippen LogP contribution in [0.3, 0.4) is 0 Å². The third kappa shape index (κ3) is 6.57. The van der Waals surface area contributed by atoms with Gasteiger partial charge in [0.2, 0.25) is 17.7 Å². The van der Waals surface area contributed by atoms with Crippen molar-refractivity contribution in [3.05, 3.63) is 60.2 Å². The number of aliphatic hydroxyl groups is 1. The summed E-state index contributed by atoms with van der Waals surface area (Å²) >= 11 is 0. The molecule has 11 heteroatoms. The van der Waals surface area contributed by atoms with Gasteiger partial charge in [-0.15, -0.1) is 0 Å². The van der Waals surface area contributed by atoms with Crippen molar-refractivity contribution in [2.24, 2.45) is 17.8 Å². The Balaban J connectivity index is 1.46. The summed E-state index contributed by atoms with van der Waals surface area (Å²) < 4.78 is 18.5. The van der Waals surface area contributed by atoms with Gasteiger partial charge < -0.3 is 34.4 Å². The zero-order valence-electron chi connectivity index (χ0n) is 28.9. The normalized spacial score (nSPS) is 34.4. The maximum Gasteiger partial charge on any atom is 0.313 e. The van der Waals surface area contributed by atoms with Crippen LogP contribution in [0, 0.1) is 17.8 Å². The molecule has 5 bridgehead atoms. The lowest BCUT2D eigenvalue weighted by Crippen LogP contribution is -2.61. The van der Waals surface area contributed by atoms with Crippen molar-refractivity contribution < 1.29 is 38.5 Å². The number of hydrogen-bond donors (Lipinski definition) is 2. The molecule has 49 heavy (non-hydrogen) atoms. The van der Waals surface area contributed by atoms with Crippen LogP contribution in [0.1, 0.15) is 76.9 Å². The molecule has 1 aliphatic carbocycles. The Bertz CT molecular complexity index is 1430. The van der Waals surface area contributed by atoms with Gasteiger partial charge in [-0.05, 0) is 30.7 Å². The number of rotatable bonds is 8. The quantitative estimate of drug-likeness (QED) is 0.316. The number of esters is 1. The second-order valence-corrected chi connectivity index (χ2v) is 14.3. The van der Waals surface area contributed by atoms with E-state index in [4.69, 9.17) is 14.2 Å². The van der Waals surface area contributed by atoms with Crippen LogP contribution in [-0.4, -0.2) is 101 Å². The van der Waals surface area contributed by atoms with Crippen molar-refractivity contribution in [2.75, 3.05) is 26.9 Å². The Morgan fingerprint density at radius 1 is 1.06 bits per heavy atom. The van der Waals surface area contributed by atoms with Crippen LogP contribution in [0.5, 0.6) is 0 Å². The van der Waals surface area contributed by atoms with E-state index in [1.807, 2.05) is 67.3 Å². The highest BCUT2D eigenvalue weighted by Gasteiger charge is 2.74. The third-order valence-electron chi connectivity index (χ3n) is 11.4. The number of amides is 3. The van der Waals surface area contributed by atoms with E-state index >= 15 is 4.79 Å². The molecule has 0 aromatic heterocycles. The number of likely N-dealkylation sites (tertiary alicyclic amines) is 1. The molecular weight excluding hydrogens is 626 g/mol. The van der Waals surface area contributed by atoms with Gasteiger partial charge in [-0.25, -0.2) is 0 Å². The Kier molecular flexibility index (Phi) is 10.9. The van der Waals surface area contributed by atoms with E-state index in [0.717, 1.165) is 32.1 Å². The smallest absolute Gasteiger partial charge is 0.313 e. The maximum absolute atomic E-state index is 15.1. The monoisotopic (exact) mass is 677 g/mol. The molecule has 0 radical (unpaired) electrons. The molecule has 1 saturated carbocycles. The second-order valence-electron chi connectivity index (χ2n) is 14.3. The summed E-state index contributed by atoms with van der Waals surface area (Å²) in [6, 6.07) is 6.73. The fraction of sp³-hybridized carbons (Fsp3) is 0.632. The number of cyclic esters (lactones) is 1. The maximum atomic E-state index is 15.1. The molecule has 6 rings (SSSR count). The minimum absolute atomic E-state index is 0.0235. The van der Waals surface area contributed by atoms with Gasteiger partial charge in [0.1, 0.15) is 23.7 Å². The molecule has 11 nitrogen and oxygen atoms in total. The zero-order chi connectivity index (χ0) is 34.7. The summed E-state index contributed by atoms with van der Waals surface area (Å²) in [4.78, 5) is 61.0. The average molecular weight is 678 g/mol. The number of fused-ring (bicyclic) bond motifs is 2. The Labute approximate surface area is 289 Å². The first kappa shape index (κ1) is 35.3. The predicted octanol–water partition coefficient (Wildman–Crippen LogP) is 3.47. The molecule has 4 heterocycles. The van der Waals surface area contributed by atoms with Gasteiger partial charge in [-0.3, -0.25) is 19.2 Å². The number of aliphatic hydroxyl groups excluding tert-OH is 1. The van der Waals surface area contributed by atoms with Gasteiger partial charge in [0.05, 0.1) is 37.3 Å². The number of carbonyl (C=O) groups excluding carboxylic acids is 4. The lowest BCUT2D eigenvalue weighted by Gasteiger charge is -2.43. The van der Waals surface area contributed by atoms with E-state index in [2.05, 4.69) is 5.32 Å². The van der Waals surface area contributed by atoms with Crippen LogP contribution in [0.15, 0.2) is 54.6 Å². The van der Waals surface area contributed by atoms with E-state index < -0.39 is 53.7 Å². The summed E-state index contributed by atoms with van der Waals surface area (Å²) in [6.07, 6.45) is 11.9. The second kappa shape index (κ2) is 15.1. The number of benzene rings is 1. The van der Waals surface area contributed by atoms with Gasteiger partial charge in [0, 0.05) is 26.1 Å². The van der Waals surface area contributed by atoms with Gasteiger partial charge >= 0.3 is 5.97 Å². The van der Waals surface area contributed by atoms with E-state index in [1.54, 1.807) is 11.0 Å². The fourth-order valence-corrected chi connectivity index (χ4v) is 8.71. The summed E-state index contributed by atoms with van der Waals surface area (Å²) in [5.41, 5.74) is -0.728. The number of methoxy groups -OCH3 is 1. The molecule has 3 amide bonds. The molecule has 266 valence electrons. The summed E-state index contributed by atoms with van der Waals surface area (Å²) in [5.74, 6) is -3.66. The number of ether oxygens (including phenoxy) is 3. The van der Waals surface area contributed by atoms with Crippen LogP contribution in [0.2, 0.25) is 0 Å². The fourth-order valence-electron chi connectivity index (χ4n) is 8.71. The van der Waals surface area contributed by atoms with Crippen molar-refractivity contribution in [3.8, 4) is 0 Å². The van der Waals surface area contributed by atoms with Crippen LogP contribution >= 0.6 is 0 Å². The largest absolute Gasteiger partial charge is 0.455 e. The SMILES string of the molecule is CC[C@H](C)[C@H](CO)N1C(=O)[C@@H]2[C@H]3C(=O)O[C@@H](c4ccccc4)[C@H](COC)NC(=O)CC/C=C\CN(C4CCCCC4)C(=O)[C@@H]1[C@]21C=C[C@H]3O1. The van der Waals surface area contributed by atoms with Crippen LogP contribution in [0.25, 0.3) is 0 Å². The lowest BCUT2D eigenvalue weighted by atomic mass is 9.74. The molecule has 2 saturated heterocycles. The highest BCUT2D eigenvalue weighted by atomic mass is 16.6. The summed E-state index contributed by atoms with van der Waals surface area (Å²) in [7, 11) is 1.52. The Morgan fingerprint density at radius 3 is 2.51 bits per heavy atom. The summed E-state index contributed by atoms with van der Waals surface area (Å²) in [5, 5.41) is 13.8. The van der Waals surface area contributed by atoms with Crippen molar-refractivity contribution in [2.45, 2.75) is 107 Å².